The van der Waals surface area contributed by atoms with Crippen molar-refractivity contribution < 1.29 is 43.1 Å². The third-order valence-corrected chi connectivity index (χ3v) is 8.84. The number of nitrogens with one attached hydrogen (secondary N) is 2. The van der Waals surface area contributed by atoms with E-state index < -0.39 is 72.7 Å². The van der Waals surface area contributed by atoms with Crippen molar-refractivity contribution in [3.05, 3.63) is 33.1 Å². The smallest absolute Gasteiger partial charge is 0.330 e. The van der Waals surface area contributed by atoms with Crippen molar-refractivity contribution >= 4 is 30.0 Å². The number of nitrogens with zero attached hydrogens (tertiary/aromatic N) is 1. The van der Waals surface area contributed by atoms with Gasteiger partial charge in [0.1, 0.15) is 29.6 Å². The highest BCUT2D eigenvalue weighted by Crippen LogP contribution is 2.57. The first kappa shape index (κ1) is 29.2. The molecule has 0 aliphatic carbocycles. The van der Waals surface area contributed by atoms with Gasteiger partial charge in [-0.15, -0.1) is 0 Å². The summed E-state index contributed by atoms with van der Waals surface area (Å²) < 4.78 is 35.0. The number of aliphatic hydroxyl groups excluding tert-OH is 1. The molecule has 1 aliphatic heterocycles. The number of esters is 2. The van der Waals surface area contributed by atoms with Gasteiger partial charge < -0.3 is 28.9 Å². The number of aliphatic hydroxyl groups is 2. The summed E-state index contributed by atoms with van der Waals surface area (Å²) >= 11 is 0.552. The maximum atomic E-state index is 13.4. The molecule has 0 aromatic carbocycles. The van der Waals surface area contributed by atoms with E-state index in [-0.39, 0.29) is 5.75 Å². The van der Waals surface area contributed by atoms with Crippen molar-refractivity contribution in [2.24, 2.45) is 0 Å². The Balaban J connectivity index is 2.19. The van der Waals surface area contributed by atoms with Crippen LogP contribution in [0.2, 0.25) is 0 Å². The fourth-order valence-corrected chi connectivity index (χ4v) is 6.56. The maximum Gasteiger partial charge on any atom is 0.330 e. The Bertz CT molecular complexity index is 1070. The Morgan fingerprint density at radius 1 is 1.37 bits per heavy atom. The number of rotatable bonds is 11. The van der Waals surface area contributed by atoms with Gasteiger partial charge in [0.2, 0.25) is 0 Å². The molecule has 1 aliphatic rings. The Morgan fingerprint density at radius 3 is 2.60 bits per heavy atom. The number of ether oxygens (including phenoxy) is 3. The van der Waals surface area contributed by atoms with Crippen LogP contribution in [0, 0.1) is 0 Å². The summed E-state index contributed by atoms with van der Waals surface area (Å²) in [6.45, 7) is 1.34. The minimum atomic E-state index is -3.99. The van der Waals surface area contributed by atoms with E-state index in [4.69, 9.17) is 14.0 Å². The highest BCUT2D eigenvalue weighted by Gasteiger charge is 2.54. The van der Waals surface area contributed by atoms with E-state index in [1.807, 2.05) is 4.98 Å². The van der Waals surface area contributed by atoms with Crippen molar-refractivity contribution in [2.75, 3.05) is 19.5 Å². The SMILES string of the molecule is COC(=O)CS[P@](=O)(N[C@H](C)C(=O)OC(C)C)OC[C@H]1O[C@@H](n2ccc(=O)[nH]c2=O)[C@](C)(O)[C@@H]1O. The molecule has 2 heterocycles. The maximum absolute atomic E-state index is 13.4. The minimum Gasteiger partial charge on any atom is -0.468 e. The number of hydrogen-bond acceptors (Lipinski definition) is 12. The van der Waals surface area contributed by atoms with Crippen LogP contribution in [0.5, 0.6) is 0 Å². The summed E-state index contributed by atoms with van der Waals surface area (Å²) in [6, 6.07) is -0.0469. The van der Waals surface area contributed by atoms with Crippen LogP contribution < -0.4 is 16.3 Å². The van der Waals surface area contributed by atoms with Gasteiger partial charge in [0, 0.05) is 12.3 Å². The summed E-state index contributed by atoms with van der Waals surface area (Å²) in [5, 5.41) is 23.9. The van der Waals surface area contributed by atoms with Gasteiger partial charge >= 0.3 is 24.3 Å². The lowest BCUT2D eigenvalue weighted by molar-refractivity contribution is -0.149. The van der Waals surface area contributed by atoms with E-state index in [9.17, 15) is 34.0 Å². The van der Waals surface area contributed by atoms with Crippen molar-refractivity contribution in [1.82, 2.24) is 14.6 Å². The van der Waals surface area contributed by atoms with Crippen molar-refractivity contribution in [2.45, 2.75) is 63.9 Å². The van der Waals surface area contributed by atoms with E-state index in [2.05, 4.69) is 9.82 Å². The molecule has 6 atom stereocenters. The number of hydrogen-bond donors (Lipinski definition) is 4. The minimum absolute atomic E-state index is 0.381. The van der Waals surface area contributed by atoms with Gasteiger partial charge in [-0.05, 0) is 39.1 Å². The summed E-state index contributed by atoms with van der Waals surface area (Å²) in [4.78, 5) is 49.2. The lowest BCUT2D eigenvalue weighted by Gasteiger charge is -2.27. The van der Waals surface area contributed by atoms with Crippen LogP contribution >= 0.6 is 18.1 Å². The van der Waals surface area contributed by atoms with Gasteiger partial charge in [0.25, 0.3) is 5.56 Å². The molecule has 1 aromatic heterocycles. The zero-order valence-corrected chi connectivity index (χ0v) is 21.5. The Labute approximate surface area is 204 Å². The van der Waals surface area contributed by atoms with Gasteiger partial charge in [-0.2, -0.15) is 0 Å². The van der Waals surface area contributed by atoms with Gasteiger partial charge in [0.15, 0.2) is 6.23 Å². The van der Waals surface area contributed by atoms with Crippen LogP contribution in [0.15, 0.2) is 21.9 Å². The quantitative estimate of drug-likeness (QED) is 0.208. The van der Waals surface area contributed by atoms with Crippen molar-refractivity contribution in [3.63, 3.8) is 0 Å². The molecule has 0 unspecified atom stereocenters. The molecule has 4 N–H and O–H groups in total. The second-order valence-corrected chi connectivity index (χ2v) is 12.5. The summed E-state index contributed by atoms with van der Waals surface area (Å²) in [5.74, 6) is -1.79. The fraction of sp³-hybridized carbons (Fsp3) is 0.684. The fourth-order valence-electron chi connectivity index (χ4n) is 3.09. The molecule has 198 valence electrons. The Kier molecular flexibility index (Phi) is 9.87. The Morgan fingerprint density at radius 2 is 2.03 bits per heavy atom. The predicted molar refractivity (Wildman–Crippen MR) is 124 cm³/mol. The molecule has 0 amide bonds. The van der Waals surface area contributed by atoms with Gasteiger partial charge in [0.05, 0.1) is 19.8 Å². The van der Waals surface area contributed by atoms with Gasteiger partial charge in [-0.1, -0.05) is 0 Å². The average Bonchev–Trinajstić information content (AvgIpc) is 2.99. The average molecular weight is 540 g/mol. The lowest BCUT2D eigenvalue weighted by Crippen LogP contribution is -2.47. The molecule has 14 nitrogen and oxygen atoms in total. The lowest BCUT2D eigenvalue weighted by atomic mass is 9.96. The van der Waals surface area contributed by atoms with Crippen LogP contribution in [0.25, 0.3) is 0 Å². The summed E-state index contributed by atoms with van der Waals surface area (Å²) in [7, 11) is 1.15. The van der Waals surface area contributed by atoms with Crippen molar-refractivity contribution in [3.8, 4) is 0 Å². The molecule has 2 rings (SSSR count). The molecular weight excluding hydrogens is 509 g/mol. The summed E-state index contributed by atoms with van der Waals surface area (Å²) in [6.07, 6.45) is -3.62. The Hall–Kier alpha value is -2.00. The third kappa shape index (κ3) is 7.49. The topological polar surface area (TPSA) is 195 Å². The summed E-state index contributed by atoms with van der Waals surface area (Å²) in [5.41, 5.74) is -3.54. The predicted octanol–water partition coefficient (Wildman–Crippen LogP) is -0.493. The van der Waals surface area contributed by atoms with Gasteiger partial charge in [-0.3, -0.25) is 28.5 Å². The second kappa shape index (κ2) is 11.8. The van der Waals surface area contributed by atoms with Crippen LogP contribution in [0.3, 0.4) is 0 Å². The molecule has 0 bridgehead atoms. The number of carbonyl (C=O) groups excluding carboxylic acids is 2. The monoisotopic (exact) mass is 539 g/mol. The first-order valence-electron chi connectivity index (χ1n) is 10.5. The number of aromatic amines is 1. The molecule has 1 fully saturated rings. The molecule has 1 saturated heterocycles. The van der Waals surface area contributed by atoms with E-state index in [1.54, 1.807) is 13.8 Å². The molecule has 0 saturated carbocycles. The molecule has 35 heavy (non-hydrogen) atoms. The standard InChI is InChI=1S/C19H30N3O11PS/c1-10(2)32-16(26)11(3)21-34(29,35-9-14(24)30-5)31-8-12-15(25)19(4,28)17(33-12)22-7-6-13(23)20-18(22)27/h6-7,10-12,15,17,25,28H,8-9H2,1-5H3,(H,21,29)(H,20,23,27)/t11-,12-,15-,17-,19-,34+/m1/s1. The van der Waals surface area contributed by atoms with E-state index >= 15 is 0 Å². The number of H-pyrrole nitrogens is 1. The molecule has 1 aromatic rings. The number of methoxy groups -OCH3 is 1. The zero-order chi connectivity index (χ0) is 26.6. The third-order valence-electron chi connectivity index (χ3n) is 4.90. The van der Waals surface area contributed by atoms with E-state index in [1.165, 1.54) is 13.8 Å². The van der Waals surface area contributed by atoms with E-state index in [0.717, 1.165) is 23.9 Å². The molecule has 0 radical (unpaired) electrons. The molecule has 0 spiro atoms. The van der Waals surface area contributed by atoms with Crippen LogP contribution in [0.1, 0.15) is 33.9 Å². The number of aromatic nitrogens is 2. The highest BCUT2D eigenvalue weighted by molar-refractivity contribution is 8.56. The van der Waals surface area contributed by atoms with Crippen LogP contribution in [0.4, 0.5) is 0 Å². The van der Waals surface area contributed by atoms with Crippen LogP contribution in [-0.4, -0.2) is 81.1 Å². The largest absolute Gasteiger partial charge is 0.468 e. The first-order chi connectivity index (χ1) is 16.2. The van der Waals surface area contributed by atoms with Gasteiger partial charge in [-0.25, -0.2) is 9.88 Å². The first-order valence-corrected chi connectivity index (χ1v) is 13.7. The highest BCUT2D eigenvalue weighted by atomic mass is 32.7. The zero-order valence-electron chi connectivity index (χ0n) is 19.8. The number of carbonyl (C=O) groups is 2. The van der Waals surface area contributed by atoms with Crippen molar-refractivity contribution in [1.29, 1.82) is 0 Å². The second-order valence-electron chi connectivity index (χ2n) is 8.19. The van der Waals surface area contributed by atoms with Crippen LogP contribution in [-0.2, 0) is 32.9 Å². The molecular formula is C19H30N3O11PS. The van der Waals surface area contributed by atoms with E-state index in [0.29, 0.717) is 11.4 Å². The normalized spacial score (nSPS) is 26.8. The molecule has 16 heteroatoms.